The first-order valence-corrected chi connectivity index (χ1v) is 6.54. The summed E-state index contributed by atoms with van der Waals surface area (Å²) < 4.78 is 9.14. The van der Waals surface area contributed by atoms with Gasteiger partial charge in [0, 0.05) is 23.1 Å². The molecule has 1 heterocycles. The summed E-state index contributed by atoms with van der Waals surface area (Å²) in [6.45, 7) is 0. The number of carboxylic acids is 1. The Bertz CT molecular complexity index is 598. The predicted octanol–water partition coefficient (Wildman–Crippen LogP) is 1.50. The van der Waals surface area contributed by atoms with Crippen LogP contribution in [-0.2, 0) is 9.59 Å². The number of allylic oxidation sites excluding steroid dienone is 1. The van der Waals surface area contributed by atoms with Gasteiger partial charge in [0.2, 0.25) is 0 Å². The molecule has 20 heavy (non-hydrogen) atoms. The van der Waals surface area contributed by atoms with Gasteiger partial charge in [0.25, 0.3) is 0 Å². The maximum atomic E-state index is 11.6. The lowest BCUT2D eigenvalue weighted by Crippen LogP contribution is -2.36. The number of nitrogens with two attached hydrogens (primary N) is 1. The predicted molar refractivity (Wildman–Crippen MR) is 75.7 cm³/mol. The molecule has 1 atom stereocenters. The van der Waals surface area contributed by atoms with Crippen LogP contribution in [0.4, 0.5) is 0 Å². The number of hydrogen-bond acceptors (Lipinski definition) is 6. The molecule has 0 amide bonds. The zero-order valence-electron chi connectivity index (χ0n) is 10.4. The maximum absolute atomic E-state index is 11.6. The van der Waals surface area contributed by atoms with E-state index in [-0.39, 0.29) is 0 Å². The second-order valence-electron chi connectivity index (χ2n) is 4.03. The van der Waals surface area contributed by atoms with E-state index in [9.17, 15) is 9.59 Å². The quantitative estimate of drug-likeness (QED) is 0.495. The van der Waals surface area contributed by atoms with Crippen molar-refractivity contribution < 1.29 is 19.4 Å². The molecule has 1 aliphatic rings. The fourth-order valence-electron chi connectivity index (χ4n) is 1.53. The van der Waals surface area contributed by atoms with E-state index < -0.39 is 24.4 Å². The zero-order valence-corrected chi connectivity index (χ0v) is 11.2. The van der Waals surface area contributed by atoms with Crippen molar-refractivity contribution in [1.82, 2.24) is 0 Å². The molecule has 0 bridgehead atoms. The van der Waals surface area contributed by atoms with Crippen molar-refractivity contribution in [1.29, 1.82) is 0 Å². The third-order valence-corrected chi connectivity index (χ3v) is 3.25. The van der Waals surface area contributed by atoms with Gasteiger partial charge in [-0.05, 0) is 23.8 Å². The number of ether oxygens (including phenoxy) is 1. The van der Waals surface area contributed by atoms with Gasteiger partial charge < -0.3 is 15.6 Å². The molecule has 0 radical (unpaired) electrons. The van der Waals surface area contributed by atoms with Crippen molar-refractivity contribution in [3.05, 3.63) is 29.8 Å². The summed E-state index contributed by atoms with van der Waals surface area (Å²) in [7, 11) is 0. The first-order valence-electron chi connectivity index (χ1n) is 5.76. The van der Waals surface area contributed by atoms with Crippen LogP contribution in [0.15, 0.2) is 33.6 Å². The average Bonchev–Trinajstić information content (AvgIpc) is 2.62. The number of nitrogens with zero attached hydrogens (tertiary/aromatic N) is 1. The van der Waals surface area contributed by atoms with Gasteiger partial charge in [-0.3, -0.25) is 4.79 Å². The van der Waals surface area contributed by atoms with E-state index in [0.29, 0.717) is 5.75 Å². The lowest BCUT2D eigenvalue weighted by molar-refractivity contribution is -0.143. The number of fused-ring (bicyclic) bond motifs is 1. The largest absolute Gasteiger partial charge is 0.481 e. The number of esters is 1. The molecule has 0 aliphatic carbocycles. The topological polar surface area (TPSA) is 102 Å². The molecule has 1 aromatic rings. The van der Waals surface area contributed by atoms with E-state index >= 15 is 0 Å². The normalized spacial score (nSPS) is 14.2. The molecule has 0 saturated heterocycles. The van der Waals surface area contributed by atoms with Gasteiger partial charge in [-0.2, -0.15) is 0 Å². The van der Waals surface area contributed by atoms with Gasteiger partial charge in [-0.15, -0.1) is 0 Å². The van der Waals surface area contributed by atoms with Gasteiger partial charge in [-0.1, -0.05) is 12.1 Å². The van der Waals surface area contributed by atoms with Crippen LogP contribution in [0.2, 0.25) is 0 Å². The number of carbonyl (C=O) groups is 2. The summed E-state index contributed by atoms with van der Waals surface area (Å²) >= 11 is 1.26. The Morgan fingerprint density at radius 1 is 1.45 bits per heavy atom. The van der Waals surface area contributed by atoms with Gasteiger partial charge >= 0.3 is 11.9 Å². The highest BCUT2D eigenvalue weighted by molar-refractivity contribution is 7.98. The van der Waals surface area contributed by atoms with Gasteiger partial charge in [0.05, 0.1) is 6.42 Å². The van der Waals surface area contributed by atoms with Crippen molar-refractivity contribution >= 4 is 36.2 Å². The molecule has 0 unspecified atom stereocenters. The minimum absolute atomic E-state index is 0.313. The Kier molecular flexibility index (Phi) is 4.54. The molecule has 1 aromatic carbocycles. The maximum Gasteiger partial charge on any atom is 0.328 e. The van der Waals surface area contributed by atoms with Crippen LogP contribution in [0, 0.1) is 0 Å². The van der Waals surface area contributed by atoms with Crippen molar-refractivity contribution in [3.8, 4) is 5.75 Å². The SMILES string of the molecule is N[C@@H](CC(=O)O)C(=O)Oc1ccc2c(c1)SN=CC=C2. The number of carboxylic acid groups (broad SMARTS) is 1. The van der Waals surface area contributed by atoms with E-state index in [4.69, 9.17) is 15.6 Å². The monoisotopic (exact) mass is 292 g/mol. The van der Waals surface area contributed by atoms with Crippen molar-refractivity contribution in [2.24, 2.45) is 10.1 Å². The molecule has 3 N–H and O–H groups in total. The van der Waals surface area contributed by atoms with E-state index in [1.54, 1.807) is 24.4 Å². The summed E-state index contributed by atoms with van der Waals surface area (Å²) in [5.74, 6) is -1.61. The number of carbonyl (C=O) groups excluding carboxylic acids is 1. The fourth-order valence-corrected chi connectivity index (χ4v) is 2.18. The van der Waals surface area contributed by atoms with E-state index in [1.165, 1.54) is 11.9 Å². The Labute approximate surface area is 119 Å². The first-order chi connectivity index (χ1) is 9.56. The molecular formula is C13H12N2O4S. The molecule has 6 nitrogen and oxygen atoms in total. The summed E-state index contributed by atoms with van der Waals surface area (Å²) in [4.78, 5) is 22.9. The number of aliphatic carboxylic acids is 1. The fraction of sp³-hybridized carbons (Fsp3) is 0.154. The van der Waals surface area contributed by atoms with E-state index in [2.05, 4.69) is 4.40 Å². The highest BCUT2D eigenvalue weighted by Crippen LogP contribution is 2.30. The third kappa shape index (κ3) is 3.69. The molecular weight excluding hydrogens is 280 g/mol. The third-order valence-electron chi connectivity index (χ3n) is 2.47. The van der Waals surface area contributed by atoms with Crippen LogP contribution >= 0.6 is 11.9 Å². The average molecular weight is 292 g/mol. The lowest BCUT2D eigenvalue weighted by Gasteiger charge is -2.10. The summed E-state index contributed by atoms with van der Waals surface area (Å²) in [6, 6.07) is 3.90. The lowest BCUT2D eigenvalue weighted by atomic mass is 10.2. The standard InChI is InChI=1S/C13H12N2O4S/c14-10(7-12(16)17)13(18)19-9-4-3-8-2-1-5-15-20-11(8)6-9/h1-6,10H,7,14H2,(H,16,17)/t10-/m0/s1. The van der Waals surface area contributed by atoms with Gasteiger partial charge in [0.15, 0.2) is 0 Å². The molecule has 7 heteroatoms. The smallest absolute Gasteiger partial charge is 0.328 e. The van der Waals surface area contributed by atoms with Crippen LogP contribution in [0.5, 0.6) is 5.75 Å². The molecule has 1 aliphatic heterocycles. The number of rotatable bonds is 4. The summed E-state index contributed by atoms with van der Waals surface area (Å²) in [5.41, 5.74) is 6.39. The summed E-state index contributed by atoms with van der Waals surface area (Å²) in [6.07, 6.45) is 4.90. The second-order valence-corrected chi connectivity index (χ2v) is 4.86. The second kappa shape index (κ2) is 6.36. The van der Waals surface area contributed by atoms with Gasteiger partial charge in [-0.25, -0.2) is 9.19 Å². The number of hydrogen-bond donors (Lipinski definition) is 2. The van der Waals surface area contributed by atoms with E-state index in [1.807, 2.05) is 12.2 Å². The highest BCUT2D eigenvalue weighted by atomic mass is 32.2. The van der Waals surface area contributed by atoms with Crippen molar-refractivity contribution in [3.63, 3.8) is 0 Å². The first kappa shape index (κ1) is 14.3. The Morgan fingerprint density at radius 3 is 3.00 bits per heavy atom. The molecule has 0 aromatic heterocycles. The Morgan fingerprint density at radius 2 is 2.25 bits per heavy atom. The Balaban J connectivity index is 2.09. The van der Waals surface area contributed by atoms with Crippen LogP contribution in [-0.4, -0.2) is 29.3 Å². The van der Waals surface area contributed by atoms with Gasteiger partial charge in [0.1, 0.15) is 11.8 Å². The molecule has 104 valence electrons. The molecule has 0 spiro atoms. The minimum Gasteiger partial charge on any atom is -0.481 e. The van der Waals surface area contributed by atoms with Crippen LogP contribution in [0.25, 0.3) is 6.08 Å². The van der Waals surface area contributed by atoms with Crippen molar-refractivity contribution in [2.75, 3.05) is 0 Å². The van der Waals surface area contributed by atoms with Crippen LogP contribution in [0.3, 0.4) is 0 Å². The van der Waals surface area contributed by atoms with Crippen LogP contribution in [0.1, 0.15) is 12.0 Å². The molecule has 2 rings (SSSR count). The zero-order chi connectivity index (χ0) is 14.5. The van der Waals surface area contributed by atoms with Crippen LogP contribution < -0.4 is 10.5 Å². The highest BCUT2D eigenvalue weighted by Gasteiger charge is 2.19. The number of benzene rings is 1. The molecule has 0 saturated carbocycles. The minimum atomic E-state index is -1.18. The van der Waals surface area contributed by atoms with E-state index in [0.717, 1.165) is 10.5 Å². The molecule has 0 fully saturated rings. The van der Waals surface area contributed by atoms with Crippen molar-refractivity contribution in [2.45, 2.75) is 17.4 Å². The summed E-state index contributed by atoms with van der Waals surface area (Å²) in [5, 5.41) is 8.57. The Hall–Kier alpha value is -2.12.